The number of carbonyl (C=O) groups is 1. The normalized spacial score (nSPS) is 12.3. The lowest BCUT2D eigenvalue weighted by atomic mass is 9.99. The van der Waals surface area contributed by atoms with E-state index in [0.717, 1.165) is 28.1 Å². The molecule has 0 radical (unpaired) electrons. The van der Waals surface area contributed by atoms with Gasteiger partial charge in [0, 0.05) is 16.6 Å². The van der Waals surface area contributed by atoms with Crippen molar-refractivity contribution in [3.8, 4) is 28.5 Å². The van der Waals surface area contributed by atoms with E-state index in [1.165, 1.54) is 52.8 Å². The fourth-order valence-electron chi connectivity index (χ4n) is 4.41. The lowest BCUT2D eigenvalue weighted by molar-refractivity contribution is -0.274. The number of thiazole rings is 1. The Bertz CT molecular complexity index is 1870. The number of alkyl halides is 3. The standard InChI is InChI=1S/C31H28F3N7O2S/c1-19(2)26-14-5-20(3)15-27(26)41-21(4)17-44-30(41)37-29(42)38-36-16-22-6-8-23(9-7-22)28-35-18-40(39-28)24-10-12-25(13-11-24)43-31(32,33)34/h5-19H,1-4H3,(H,38,42)/b36-16+,37-30?. The highest BCUT2D eigenvalue weighted by molar-refractivity contribution is 7.07. The number of benzene rings is 3. The second kappa shape index (κ2) is 12.7. The largest absolute Gasteiger partial charge is 0.573 e. The third-order valence-corrected chi connectivity index (χ3v) is 7.44. The highest BCUT2D eigenvalue weighted by atomic mass is 32.1. The highest BCUT2D eigenvalue weighted by Crippen LogP contribution is 2.26. The van der Waals surface area contributed by atoms with E-state index in [4.69, 9.17) is 0 Å². The molecule has 9 nitrogen and oxygen atoms in total. The predicted octanol–water partition coefficient (Wildman–Crippen LogP) is 7.07. The smallest absolute Gasteiger partial charge is 0.406 e. The van der Waals surface area contributed by atoms with E-state index in [0.29, 0.717) is 27.8 Å². The molecule has 13 heteroatoms. The number of rotatable bonds is 7. The first-order valence-electron chi connectivity index (χ1n) is 13.5. The number of aryl methyl sites for hydroxylation is 2. The first-order valence-corrected chi connectivity index (χ1v) is 14.4. The Morgan fingerprint density at radius 1 is 1.05 bits per heavy atom. The van der Waals surface area contributed by atoms with E-state index >= 15 is 0 Å². The monoisotopic (exact) mass is 619 g/mol. The second-order valence-electron chi connectivity index (χ2n) is 10.2. The molecule has 2 heterocycles. The molecule has 5 aromatic rings. The molecule has 0 atom stereocenters. The molecule has 0 unspecified atom stereocenters. The van der Waals surface area contributed by atoms with Gasteiger partial charge in [0.15, 0.2) is 10.6 Å². The van der Waals surface area contributed by atoms with Crippen molar-refractivity contribution in [2.24, 2.45) is 10.1 Å². The zero-order valence-corrected chi connectivity index (χ0v) is 25.0. The minimum atomic E-state index is -4.76. The molecule has 0 aliphatic carbocycles. The molecule has 2 amide bonds. The molecule has 0 aliphatic heterocycles. The number of hydrogen-bond donors (Lipinski definition) is 1. The Morgan fingerprint density at radius 2 is 1.77 bits per heavy atom. The Morgan fingerprint density at radius 3 is 2.45 bits per heavy atom. The number of nitrogens with zero attached hydrogens (tertiary/aromatic N) is 6. The SMILES string of the molecule is Cc1ccc(C(C)C)c(-n2c(C)csc2=NC(=O)N/N=C/c2ccc(-c3ncn(-c4ccc(OC(F)(F)F)cc4)n3)cc2)c1. The molecule has 226 valence electrons. The summed E-state index contributed by atoms with van der Waals surface area (Å²) >= 11 is 1.38. The van der Waals surface area contributed by atoms with Gasteiger partial charge in [0.1, 0.15) is 12.1 Å². The first kappa shape index (κ1) is 30.4. The van der Waals surface area contributed by atoms with Gasteiger partial charge in [0.25, 0.3) is 0 Å². The van der Waals surface area contributed by atoms with E-state index in [1.807, 2.05) is 23.8 Å². The summed E-state index contributed by atoms with van der Waals surface area (Å²) < 4.78 is 44.5. The third kappa shape index (κ3) is 7.29. The average molecular weight is 620 g/mol. The zero-order chi connectivity index (χ0) is 31.4. The van der Waals surface area contributed by atoms with E-state index in [9.17, 15) is 18.0 Å². The molecule has 0 bridgehead atoms. The van der Waals surface area contributed by atoms with E-state index in [1.54, 1.807) is 24.3 Å². The number of hydrogen-bond acceptors (Lipinski definition) is 6. The summed E-state index contributed by atoms with van der Waals surface area (Å²) in [5.41, 5.74) is 8.67. The van der Waals surface area contributed by atoms with Crippen molar-refractivity contribution in [1.82, 2.24) is 24.8 Å². The molecule has 0 aliphatic rings. The van der Waals surface area contributed by atoms with Gasteiger partial charge in [-0.3, -0.25) is 4.57 Å². The van der Waals surface area contributed by atoms with Crippen LogP contribution in [0.15, 0.2) is 88.5 Å². The molecule has 3 aromatic carbocycles. The molecule has 0 spiro atoms. The van der Waals surface area contributed by atoms with E-state index in [2.05, 4.69) is 62.4 Å². The van der Waals surface area contributed by atoms with Crippen molar-refractivity contribution < 1.29 is 22.7 Å². The van der Waals surface area contributed by atoms with Crippen LogP contribution >= 0.6 is 11.3 Å². The van der Waals surface area contributed by atoms with Crippen LogP contribution in [0.25, 0.3) is 22.8 Å². The second-order valence-corrected chi connectivity index (χ2v) is 11.0. The average Bonchev–Trinajstić information content (AvgIpc) is 3.60. The van der Waals surface area contributed by atoms with Gasteiger partial charge in [0.2, 0.25) is 0 Å². The summed E-state index contributed by atoms with van der Waals surface area (Å²) in [5.74, 6) is 0.394. The van der Waals surface area contributed by atoms with Crippen molar-refractivity contribution >= 4 is 23.6 Å². The van der Waals surface area contributed by atoms with E-state index < -0.39 is 12.4 Å². The summed E-state index contributed by atoms with van der Waals surface area (Å²) in [6, 6.07) is 18.2. The summed E-state index contributed by atoms with van der Waals surface area (Å²) in [6.45, 7) is 8.28. The minimum absolute atomic E-state index is 0.295. The fraction of sp³-hybridized carbons (Fsp3) is 0.194. The van der Waals surface area contributed by atoms with Gasteiger partial charge in [-0.15, -0.1) is 29.6 Å². The van der Waals surface area contributed by atoms with Gasteiger partial charge in [-0.2, -0.15) is 10.1 Å². The Hall–Kier alpha value is -5.04. The van der Waals surface area contributed by atoms with Gasteiger partial charge in [-0.1, -0.05) is 50.2 Å². The summed E-state index contributed by atoms with van der Waals surface area (Å²) in [6.07, 6.45) is -1.80. The zero-order valence-electron chi connectivity index (χ0n) is 24.2. The van der Waals surface area contributed by atoms with Crippen LogP contribution in [-0.2, 0) is 0 Å². The fourth-order valence-corrected chi connectivity index (χ4v) is 5.28. The molecule has 2 aromatic heterocycles. The number of halogens is 3. The summed E-state index contributed by atoms with van der Waals surface area (Å²) in [5, 5.41) is 10.4. The van der Waals surface area contributed by atoms with Crippen LogP contribution < -0.4 is 15.0 Å². The van der Waals surface area contributed by atoms with Gasteiger partial charge in [-0.05, 0) is 66.8 Å². The summed E-state index contributed by atoms with van der Waals surface area (Å²) in [4.78, 5) is 21.7. The Balaban J connectivity index is 1.25. The Labute approximate surface area is 255 Å². The number of carbonyl (C=O) groups excluding carboxylic acids is 1. The third-order valence-electron chi connectivity index (χ3n) is 6.49. The molecule has 0 fully saturated rings. The number of amides is 2. The molecule has 44 heavy (non-hydrogen) atoms. The molecular weight excluding hydrogens is 591 g/mol. The van der Waals surface area contributed by atoms with Crippen molar-refractivity contribution in [1.29, 1.82) is 0 Å². The van der Waals surface area contributed by atoms with Crippen molar-refractivity contribution in [3.05, 3.63) is 106 Å². The van der Waals surface area contributed by atoms with Crippen LogP contribution in [0.2, 0.25) is 0 Å². The van der Waals surface area contributed by atoms with E-state index in [-0.39, 0.29) is 5.75 Å². The first-order chi connectivity index (χ1) is 21.0. The molecular formula is C31H28F3N7O2S. The maximum absolute atomic E-state index is 12.6. The number of urea groups is 1. The highest BCUT2D eigenvalue weighted by Gasteiger charge is 2.31. The van der Waals surface area contributed by atoms with Crippen molar-refractivity contribution in [2.45, 2.75) is 40.0 Å². The van der Waals surface area contributed by atoms with Crippen LogP contribution in [-0.4, -0.2) is 37.9 Å². The Kier molecular flexibility index (Phi) is 8.76. The van der Waals surface area contributed by atoms with Crippen LogP contribution in [0.5, 0.6) is 5.75 Å². The van der Waals surface area contributed by atoms with Crippen LogP contribution in [0.3, 0.4) is 0 Å². The van der Waals surface area contributed by atoms with Crippen LogP contribution in [0, 0.1) is 13.8 Å². The lowest BCUT2D eigenvalue weighted by Gasteiger charge is -2.16. The van der Waals surface area contributed by atoms with Crippen molar-refractivity contribution in [3.63, 3.8) is 0 Å². The van der Waals surface area contributed by atoms with Crippen LogP contribution in [0.1, 0.15) is 42.1 Å². The van der Waals surface area contributed by atoms with Gasteiger partial charge in [-0.25, -0.2) is 19.9 Å². The predicted molar refractivity (Wildman–Crippen MR) is 162 cm³/mol. The molecule has 0 saturated carbocycles. The molecule has 1 N–H and O–H groups in total. The van der Waals surface area contributed by atoms with Gasteiger partial charge >= 0.3 is 12.4 Å². The van der Waals surface area contributed by atoms with Gasteiger partial charge in [0.05, 0.1) is 17.6 Å². The number of hydrazone groups is 1. The maximum atomic E-state index is 12.6. The molecule has 5 rings (SSSR count). The summed E-state index contributed by atoms with van der Waals surface area (Å²) in [7, 11) is 0. The van der Waals surface area contributed by atoms with Crippen molar-refractivity contribution in [2.75, 3.05) is 0 Å². The lowest BCUT2D eigenvalue weighted by Crippen LogP contribution is -2.22. The minimum Gasteiger partial charge on any atom is -0.406 e. The maximum Gasteiger partial charge on any atom is 0.573 e. The quantitative estimate of drug-likeness (QED) is 0.156. The van der Waals surface area contributed by atoms with Crippen LogP contribution in [0.4, 0.5) is 18.0 Å². The number of aromatic nitrogens is 4. The number of nitrogens with one attached hydrogen (secondary N) is 1. The molecule has 0 saturated heterocycles. The number of ether oxygens (including phenoxy) is 1. The van der Waals surface area contributed by atoms with Gasteiger partial charge < -0.3 is 4.74 Å². The topological polar surface area (TPSA) is 98.7 Å².